The second-order valence-electron chi connectivity index (χ2n) is 5.39. The normalized spacial score (nSPS) is 26.2. The highest BCUT2D eigenvalue weighted by molar-refractivity contribution is 7.13. The standard InChI is InChI=1S/C13H19N3O3S/c1-9-4-2-3-5-13(9,8-14)15-12(17)10-6-11(16(18)19)20-7-10/h6-7,9H,2-5,8,14H2,1H3,(H,15,17). The summed E-state index contributed by atoms with van der Waals surface area (Å²) in [5.74, 6) is 0.0485. The van der Waals surface area contributed by atoms with Crippen LogP contribution in [0, 0.1) is 16.0 Å². The largest absolute Gasteiger partial charge is 0.345 e. The number of nitrogens with two attached hydrogens (primary N) is 1. The summed E-state index contributed by atoms with van der Waals surface area (Å²) in [5, 5.41) is 15.2. The minimum absolute atomic E-state index is 0.0198. The minimum Gasteiger partial charge on any atom is -0.345 e. The molecule has 1 heterocycles. The summed E-state index contributed by atoms with van der Waals surface area (Å²) >= 11 is 0.964. The van der Waals surface area contributed by atoms with Crippen LogP contribution >= 0.6 is 11.3 Å². The van der Waals surface area contributed by atoms with E-state index in [1.54, 1.807) is 0 Å². The zero-order chi connectivity index (χ0) is 14.8. The van der Waals surface area contributed by atoms with Gasteiger partial charge in [0.05, 0.1) is 16.0 Å². The fourth-order valence-electron chi connectivity index (χ4n) is 2.79. The van der Waals surface area contributed by atoms with Crippen molar-refractivity contribution in [3.05, 3.63) is 27.1 Å². The van der Waals surface area contributed by atoms with Crippen LogP contribution < -0.4 is 11.1 Å². The van der Waals surface area contributed by atoms with E-state index in [-0.39, 0.29) is 16.4 Å². The summed E-state index contributed by atoms with van der Waals surface area (Å²) in [7, 11) is 0. The van der Waals surface area contributed by atoms with Crippen molar-refractivity contribution >= 4 is 22.2 Å². The van der Waals surface area contributed by atoms with Crippen LogP contribution in [0.1, 0.15) is 43.0 Å². The maximum absolute atomic E-state index is 12.3. The molecule has 1 saturated carbocycles. The van der Waals surface area contributed by atoms with Crippen molar-refractivity contribution in [2.75, 3.05) is 6.54 Å². The van der Waals surface area contributed by atoms with Crippen LogP contribution in [0.15, 0.2) is 11.4 Å². The topological polar surface area (TPSA) is 98.3 Å². The number of hydrogen-bond acceptors (Lipinski definition) is 5. The second kappa shape index (κ2) is 5.88. The molecular weight excluding hydrogens is 278 g/mol. The van der Waals surface area contributed by atoms with Crippen molar-refractivity contribution in [3.63, 3.8) is 0 Å². The number of nitrogens with zero attached hydrogens (tertiary/aromatic N) is 1. The van der Waals surface area contributed by atoms with E-state index in [0.29, 0.717) is 18.0 Å². The van der Waals surface area contributed by atoms with E-state index in [4.69, 9.17) is 5.73 Å². The van der Waals surface area contributed by atoms with Gasteiger partial charge in [-0.3, -0.25) is 14.9 Å². The molecule has 1 amide bonds. The molecule has 0 aliphatic heterocycles. The molecule has 1 aromatic rings. The number of rotatable bonds is 4. The average Bonchev–Trinajstić information content (AvgIpc) is 2.91. The molecule has 0 aromatic carbocycles. The summed E-state index contributed by atoms with van der Waals surface area (Å²) < 4.78 is 0. The second-order valence-corrected chi connectivity index (χ2v) is 6.28. The monoisotopic (exact) mass is 297 g/mol. The smallest absolute Gasteiger partial charge is 0.324 e. The van der Waals surface area contributed by atoms with Gasteiger partial charge in [-0.1, -0.05) is 31.1 Å². The van der Waals surface area contributed by atoms with Gasteiger partial charge in [-0.25, -0.2) is 0 Å². The number of nitrogens with one attached hydrogen (secondary N) is 1. The lowest BCUT2D eigenvalue weighted by Crippen LogP contribution is -2.59. The van der Waals surface area contributed by atoms with Crippen LogP contribution in [-0.4, -0.2) is 22.9 Å². The number of amides is 1. The summed E-state index contributed by atoms with van der Waals surface area (Å²) in [4.78, 5) is 22.5. The van der Waals surface area contributed by atoms with Gasteiger partial charge in [0.15, 0.2) is 0 Å². The summed E-state index contributed by atoms with van der Waals surface area (Å²) in [6, 6.07) is 1.32. The number of hydrogen-bond donors (Lipinski definition) is 2. The highest BCUT2D eigenvalue weighted by Gasteiger charge is 2.38. The third kappa shape index (κ3) is 2.83. The van der Waals surface area contributed by atoms with Gasteiger partial charge < -0.3 is 11.1 Å². The Hall–Kier alpha value is -1.47. The third-order valence-electron chi connectivity index (χ3n) is 4.21. The molecule has 2 atom stereocenters. The van der Waals surface area contributed by atoms with Gasteiger partial charge in [-0.05, 0) is 18.8 Å². The van der Waals surface area contributed by atoms with Crippen molar-refractivity contribution in [1.29, 1.82) is 0 Å². The molecule has 0 saturated heterocycles. The Labute approximate surface area is 121 Å². The zero-order valence-electron chi connectivity index (χ0n) is 11.4. The van der Waals surface area contributed by atoms with Gasteiger partial charge in [0.1, 0.15) is 0 Å². The average molecular weight is 297 g/mol. The summed E-state index contributed by atoms with van der Waals surface area (Å²) in [5.41, 5.74) is 5.85. The molecule has 1 aliphatic rings. The van der Waals surface area contributed by atoms with E-state index in [0.717, 1.165) is 37.0 Å². The molecule has 6 nitrogen and oxygen atoms in total. The Bertz CT molecular complexity index is 517. The first-order valence-electron chi connectivity index (χ1n) is 6.74. The fourth-order valence-corrected chi connectivity index (χ4v) is 3.50. The van der Waals surface area contributed by atoms with Crippen LogP contribution in [0.2, 0.25) is 0 Å². The molecule has 2 rings (SSSR count). The third-order valence-corrected chi connectivity index (χ3v) is 5.09. The Morgan fingerprint density at radius 3 is 2.95 bits per heavy atom. The number of nitro groups is 1. The predicted molar refractivity (Wildman–Crippen MR) is 77.9 cm³/mol. The van der Waals surface area contributed by atoms with E-state index >= 15 is 0 Å². The molecule has 0 spiro atoms. The van der Waals surface area contributed by atoms with Crippen LogP contribution in [0.3, 0.4) is 0 Å². The first-order chi connectivity index (χ1) is 9.48. The highest BCUT2D eigenvalue weighted by atomic mass is 32.1. The van der Waals surface area contributed by atoms with E-state index in [1.807, 2.05) is 0 Å². The Morgan fingerprint density at radius 1 is 1.65 bits per heavy atom. The summed E-state index contributed by atoms with van der Waals surface area (Å²) in [6.07, 6.45) is 4.11. The zero-order valence-corrected chi connectivity index (χ0v) is 12.2. The predicted octanol–water partition coefficient (Wildman–Crippen LogP) is 2.29. The molecule has 1 fully saturated rings. The Balaban J connectivity index is 2.14. The SMILES string of the molecule is CC1CCCCC1(CN)NC(=O)c1csc([N+](=O)[O-])c1. The lowest BCUT2D eigenvalue weighted by atomic mass is 9.73. The van der Waals surface area contributed by atoms with Gasteiger partial charge in [-0.15, -0.1) is 0 Å². The molecule has 110 valence electrons. The van der Waals surface area contributed by atoms with Crippen LogP contribution in [0.4, 0.5) is 5.00 Å². The van der Waals surface area contributed by atoms with Crippen molar-refractivity contribution < 1.29 is 9.72 Å². The van der Waals surface area contributed by atoms with E-state index in [9.17, 15) is 14.9 Å². The van der Waals surface area contributed by atoms with Crippen LogP contribution in [-0.2, 0) is 0 Å². The molecule has 0 bridgehead atoms. The van der Waals surface area contributed by atoms with E-state index in [2.05, 4.69) is 12.2 Å². The fraction of sp³-hybridized carbons (Fsp3) is 0.615. The molecular formula is C13H19N3O3S. The molecule has 0 radical (unpaired) electrons. The first-order valence-corrected chi connectivity index (χ1v) is 7.62. The number of carbonyl (C=O) groups excluding carboxylic acids is 1. The van der Waals surface area contributed by atoms with Gasteiger partial charge in [0.2, 0.25) is 0 Å². The van der Waals surface area contributed by atoms with Crippen molar-refractivity contribution in [1.82, 2.24) is 5.32 Å². The number of thiophene rings is 1. The lowest BCUT2D eigenvalue weighted by Gasteiger charge is -2.42. The molecule has 3 N–H and O–H groups in total. The molecule has 20 heavy (non-hydrogen) atoms. The molecule has 1 aliphatic carbocycles. The van der Waals surface area contributed by atoms with Crippen molar-refractivity contribution in [3.8, 4) is 0 Å². The molecule has 1 aromatic heterocycles. The quantitative estimate of drug-likeness (QED) is 0.658. The highest BCUT2D eigenvalue weighted by Crippen LogP contribution is 2.33. The van der Waals surface area contributed by atoms with Gasteiger partial charge in [-0.2, -0.15) is 0 Å². The van der Waals surface area contributed by atoms with E-state index in [1.165, 1.54) is 11.4 Å². The van der Waals surface area contributed by atoms with E-state index < -0.39 is 4.92 Å². The Kier molecular flexibility index (Phi) is 4.39. The van der Waals surface area contributed by atoms with Gasteiger partial charge >= 0.3 is 5.00 Å². The van der Waals surface area contributed by atoms with Gasteiger partial charge in [0, 0.05) is 18.0 Å². The van der Waals surface area contributed by atoms with Crippen LogP contribution in [0.25, 0.3) is 0 Å². The first kappa shape index (κ1) is 14.9. The van der Waals surface area contributed by atoms with Gasteiger partial charge in [0.25, 0.3) is 5.91 Å². The maximum Gasteiger partial charge on any atom is 0.324 e. The van der Waals surface area contributed by atoms with Crippen molar-refractivity contribution in [2.24, 2.45) is 11.7 Å². The number of carbonyl (C=O) groups is 1. The van der Waals surface area contributed by atoms with Crippen LogP contribution in [0.5, 0.6) is 0 Å². The maximum atomic E-state index is 12.3. The molecule has 2 unspecified atom stereocenters. The minimum atomic E-state index is -0.483. The Morgan fingerprint density at radius 2 is 2.40 bits per heavy atom. The lowest BCUT2D eigenvalue weighted by molar-refractivity contribution is -0.380. The van der Waals surface area contributed by atoms with Crippen molar-refractivity contribution in [2.45, 2.75) is 38.1 Å². The summed E-state index contributed by atoms with van der Waals surface area (Å²) in [6.45, 7) is 2.49. The molecule has 7 heteroatoms.